The SMILES string of the molecule is Nc1ccc2c(c1)ncn2CCCS(N)(=O)=O. The van der Waals surface area contributed by atoms with Crippen molar-refractivity contribution in [1.82, 2.24) is 9.55 Å². The molecule has 6 nitrogen and oxygen atoms in total. The van der Waals surface area contributed by atoms with Crippen LogP contribution in [0.3, 0.4) is 0 Å². The van der Waals surface area contributed by atoms with Crippen molar-refractivity contribution in [2.75, 3.05) is 11.5 Å². The molecule has 0 amide bonds. The molecule has 1 aromatic heterocycles. The lowest BCUT2D eigenvalue weighted by atomic mass is 10.3. The number of hydrogen-bond donors (Lipinski definition) is 2. The lowest BCUT2D eigenvalue weighted by Gasteiger charge is -2.03. The van der Waals surface area contributed by atoms with Crippen molar-refractivity contribution in [2.24, 2.45) is 5.14 Å². The van der Waals surface area contributed by atoms with Gasteiger partial charge in [0.25, 0.3) is 0 Å². The summed E-state index contributed by atoms with van der Waals surface area (Å²) >= 11 is 0. The van der Waals surface area contributed by atoms with Crippen LogP contribution in [0.1, 0.15) is 6.42 Å². The highest BCUT2D eigenvalue weighted by atomic mass is 32.2. The van der Waals surface area contributed by atoms with Gasteiger partial charge in [-0.3, -0.25) is 0 Å². The number of imidazole rings is 1. The first-order valence-electron chi connectivity index (χ1n) is 5.16. The van der Waals surface area contributed by atoms with Crippen molar-refractivity contribution in [3.8, 4) is 0 Å². The minimum Gasteiger partial charge on any atom is -0.399 e. The normalized spacial score (nSPS) is 12.1. The van der Waals surface area contributed by atoms with Crippen LogP contribution < -0.4 is 10.9 Å². The quantitative estimate of drug-likeness (QED) is 0.765. The van der Waals surface area contributed by atoms with Gasteiger partial charge in [0, 0.05) is 12.2 Å². The summed E-state index contributed by atoms with van der Waals surface area (Å²) in [5.74, 6) is -0.0261. The maximum Gasteiger partial charge on any atom is 0.209 e. The fraction of sp³-hybridized carbons (Fsp3) is 0.300. The molecule has 92 valence electrons. The van der Waals surface area contributed by atoms with E-state index in [9.17, 15) is 8.42 Å². The van der Waals surface area contributed by atoms with E-state index in [1.54, 1.807) is 18.5 Å². The van der Waals surface area contributed by atoms with E-state index in [2.05, 4.69) is 4.98 Å². The maximum absolute atomic E-state index is 10.8. The van der Waals surface area contributed by atoms with E-state index in [1.165, 1.54) is 0 Å². The molecule has 0 atom stereocenters. The van der Waals surface area contributed by atoms with Crippen molar-refractivity contribution in [3.05, 3.63) is 24.5 Å². The van der Waals surface area contributed by atoms with Crippen molar-refractivity contribution >= 4 is 26.7 Å². The molecule has 0 radical (unpaired) electrons. The van der Waals surface area contributed by atoms with Crippen molar-refractivity contribution in [3.63, 3.8) is 0 Å². The van der Waals surface area contributed by atoms with Crippen LogP contribution in [-0.2, 0) is 16.6 Å². The molecule has 0 unspecified atom stereocenters. The fourth-order valence-electron chi connectivity index (χ4n) is 1.70. The van der Waals surface area contributed by atoms with E-state index in [-0.39, 0.29) is 5.75 Å². The van der Waals surface area contributed by atoms with Gasteiger partial charge in [-0.25, -0.2) is 18.5 Å². The zero-order valence-corrected chi connectivity index (χ0v) is 10.0. The van der Waals surface area contributed by atoms with E-state index >= 15 is 0 Å². The number of primary sulfonamides is 1. The molecule has 0 aliphatic heterocycles. The van der Waals surface area contributed by atoms with Gasteiger partial charge in [-0.1, -0.05) is 0 Å². The van der Waals surface area contributed by atoms with Gasteiger partial charge in [0.05, 0.1) is 23.1 Å². The Morgan fingerprint density at radius 2 is 2.12 bits per heavy atom. The molecule has 0 fully saturated rings. The van der Waals surface area contributed by atoms with Crippen molar-refractivity contribution in [2.45, 2.75) is 13.0 Å². The first-order chi connectivity index (χ1) is 7.96. The van der Waals surface area contributed by atoms with Gasteiger partial charge in [-0.2, -0.15) is 0 Å². The number of rotatable bonds is 4. The summed E-state index contributed by atoms with van der Waals surface area (Å²) in [5.41, 5.74) is 8.05. The van der Waals surface area contributed by atoms with Crippen LogP contribution in [0.25, 0.3) is 11.0 Å². The predicted molar refractivity (Wildman–Crippen MR) is 66.7 cm³/mol. The average Bonchev–Trinajstić information content (AvgIpc) is 2.59. The third kappa shape index (κ3) is 2.95. The van der Waals surface area contributed by atoms with E-state index in [1.807, 2.05) is 10.6 Å². The zero-order valence-electron chi connectivity index (χ0n) is 9.20. The summed E-state index contributed by atoms with van der Waals surface area (Å²) in [6.45, 7) is 0.566. The molecule has 7 heteroatoms. The maximum atomic E-state index is 10.8. The molecule has 0 aliphatic rings. The minimum atomic E-state index is -3.39. The molecule has 0 saturated heterocycles. The molecular formula is C10H14N4O2S. The van der Waals surface area contributed by atoms with Crippen LogP contribution in [0.5, 0.6) is 0 Å². The van der Waals surface area contributed by atoms with Gasteiger partial charge in [-0.15, -0.1) is 0 Å². The van der Waals surface area contributed by atoms with E-state index in [0.717, 1.165) is 11.0 Å². The van der Waals surface area contributed by atoms with Crippen LogP contribution in [0.4, 0.5) is 5.69 Å². The van der Waals surface area contributed by atoms with Gasteiger partial charge < -0.3 is 10.3 Å². The largest absolute Gasteiger partial charge is 0.399 e. The third-order valence-electron chi connectivity index (χ3n) is 2.47. The first-order valence-corrected chi connectivity index (χ1v) is 6.88. The lowest BCUT2D eigenvalue weighted by molar-refractivity contribution is 0.589. The molecule has 0 bridgehead atoms. The molecule has 0 aliphatic carbocycles. The zero-order chi connectivity index (χ0) is 12.5. The minimum absolute atomic E-state index is 0.0261. The number of aromatic nitrogens is 2. The Kier molecular flexibility index (Phi) is 3.03. The number of sulfonamides is 1. The second-order valence-corrected chi connectivity index (χ2v) is 5.64. The summed E-state index contributed by atoms with van der Waals surface area (Å²) in [4.78, 5) is 4.20. The van der Waals surface area contributed by atoms with Crippen molar-refractivity contribution in [1.29, 1.82) is 0 Å². The first kappa shape index (κ1) is 11.9. The summed E-state index contributed by atoms with van der Waals surface area (Å²) in [5, 5.41) is 4.94. The molecule has 2 aromatic rings. The molecule has 1 aromatic carbocycles. The topological polar surface area (TPSA) is 104 Å². The Hall–Kier alpha value is -1.60. The van der Waals surface area contributed by atoms with E-state index < -0.39 is 10.0 Å². The monoisotopic (exact) mass is 254 g/mol. The summed E-state index contributed by atoms with van der Waals surface area (Å²) in [6.07, 6.45) is 2.14. The van der Waals surface area contributed by atoms with E-state index in [4.69, 9.17) is 10.9 Å². The van der Waals surface area contributed by atoms with Crippen LogP contribution >= 0.6 is 0 Å². The number of anilines is 1. The molecule has 0 saturated carbocycles. The number of fused-ring (bicyclic) bond motifs is 1. The number of nitrogen functional groups attached to an aromatic ring is 1. The number of hydrogen-bond acceptors (Lipinski definition) is 4. The fourth-order valence-corrected chi connectivity index (χ4v) is 2.23. The molecule has 2 rings (SSSR count). The van der Waals surface area contributed by atoms with Gasteiger partial charge >= 0.3 is 0 Å². The van der Waals surface area contributed by atoms with E-state index in [0.29, 0.717) is 18.7 Å². The molecule has 17 heavy (non-hydrogen) atoms. The Morgan fingerprint density at radius 3 is 2.82 bits per heavy atom. The number of aryl methyl sites for hydroxylation is 1. The standard InChI is InChI=1S/C10H14N4O2S/c11-8-2-3-10-9(6-8)13-7-14(10)4-1-5-17(12,15)16/h2-3,6-7H,1,4-5,11H2,(H2,12,15,16). The van der Waals surface area contributed by atoms with Gasteiger partial charge in [0.2, 0.25) is 10.0 Å². The van der Waals surface area contributed by atoms with Crippen LogP contribution in [0, 0.1) is 0 Å². The summed E-state index contributed by atoms with van der Waals surface area (Å²) in [6, 6.07) is 5.44. The predicted octanol–water partition coefficient (Wildman–Crippen LogP) is 0.297. The Labute approximate surface area is 99.3 Å². The Balaban J connectivity index is 2.14. The number of nitrogens with zero attached hydrogens (tertiary/aromatic N) is 2. The Bertz CT molecular complexity index is 633. The van der Waals surface area contributed by atoms with Crippen LogP contribution in [0.2, 0.25) is 0 Å². The lowest BCUT2D eigenvalue weighted by Crippen LogP contribution is -2.17. The van der Waals surface area contributed by atoms with Gasteiger partial charge in [0.1, 0.15) is 0 Å². The van der Waals surface area contributed by atoms with Gasteiger partial charge in [0.15, 0.2) is 0 Å². The molecule has 4 N–H and O–H groups in total. The van der Waals surface area contributed by atoms with Crippen LogP contribution in [-0.4, -0.2) is 23.7 Å². The highest BCUT2D eigenvalue weighted by Crippen LogP contribution is 2.16. The van der Waals surface area contributed by atoms with Crippen LogP contribution in [0.15, 0.2) is 24.5 Å². The Morgan fingerprint density at radius 1 is 1.35 bits per heavy atom. The second kappa shape index (κ2) is 4.34. The summed E-state index contributed by atoms with van der Waals surface area (Å²) in [7, 11) is -3.39. The van der Waals surface area contributed by atoms with Gasteiger partial charge in [-0.05, 0) is 24.6 Å². The molecule has 0 spiro atoms. The third-order valence-corrected chi connectivity index (χ3v) is 3.33. The molecule has 1 heterocycles. The van der Waals surface area contributed by atoms with Crippen molar-refractivity contribution < 1.29 is 8.42 Å². The molecular weight excluding hydrogens is 240 g/mol. The number of benzene rings is 1. The second-order valence-electron chi connectivity index (χ2n) is 3.91. The smallest absolute Gasteiger partial charge is 0.209 e. The average molecular weight is 254 g/mol. The highest BCUT2D eigenvalue weighted by molar-refractivity contribution is 7.89. The highest BCUT2D eigenvalue weighted by Gasteiger charge is 2.05. The summed E-state index contributed by atoms with van der Waals surface area (Å²) < 4.78 is 23.5. The number of nitrogens with two attached hydrogens (primary N) is 2.